The van der Waals surface area contributed by atoms with Gasteiger partial charge in [-0.25, -0.2) is 0 Å². The number of benzene rings is 1. The van der Waals surface area contributed by atoms with E-state index >= 15 is 0 Å². The van der Waals surface area contributed by atoms with E-state index in [4.69, 9.17) is 0 Å². The van der Waals surface area contributed by atoms with Gasteiger partial charge >= 0.3 is 0 Å². The van der Waals surface area contributed by atoms with E-state index in [9.17, 15) is 0 Å². The van der Waals surface area contributed by atoms with Crippen LogP contribution in [0.25, 0.3) is 0 Å². The SMILES string of the molecule is Cc1ccc(N2CCC[C@@]3(CCCN(Cc4ccccc4)C3)C2)nn1. The van der Waals surface area contributed by atoms with Crippen molar-refractivity contribution in [1.82, 2.24) is 15.1 Å². The third-order valence-corrected chi connectivity index (χ3v) is 5.76. The Morgan fingerprint density at radius 3 is 2.48 bits per heavy atom. The third kappa shape index (κ3) is 3.84. The van der Waals surface area contributed by atoms with Gasteiger partial charge in [-0.15, -0.1) is 5.10 Å². The average Bonchev–Trinajstić information content (AvgIpc) is 2.63. The summed E-state index contributed by atoms with van der Waals surface area (Å²) in [4.78, 5) is 5.12. The molecule has 4 nitrogen and oxygen atoms in total. The molecule has 1 spiro atoms. The Morgan fingerprint density at radius 2 is 1.72 bits per heavy atom. The van der Waals surface area contributed by atoms with Gasteiger partial charge in [-0.2, -0.15) is 5.10 Å². The molecular weight excluding hydrogens is 308 g/mol. The van der Waals surface area contributed by atoms with Gasteiger partial charge in [0.1, 0.15) is 0 Å². The van der Waals surface area contributed by atoms with Gasteiger partial charge in [0.05, 0.1) is 5.69 Å². The Hall–Kier alpha value is -1.94. The number of anilines is 1. The molecule has 0 unspecified atom stereocenters. The normalized spacial score (nSPS) is 24.6. The van der Waals surface area contributed by atoms with Crippen LogP contribution in [0, 0.1) is 12.3 Å². The first kappa shape index (κ1) is 16.5. The fourth-order valence-electron chi connectivity index (χ4n) is 4.58. The molecule has 25 heavy (non-hydrogen) atoms. The van der Waals surface area contributed by atoms with E-state index in [1.807, 2.05) is 6.92 Å². The number of aryl methyl sites for hydroxylation is 1. The Labute approximate surface area is 150 Å². The molecule has 2 aliphatic heterocycles. The monoisotopic (exact) mass is 336 g/mol. The van der Waals surface area contributed by atoms with Crippen molar-refractivity contribution >= 4 is 5.82 Å². The quantitative estimate of drug-likeness (QED) is 0.856. The van der Waals surface area contributed by atoms with Gasteiger partial charge in [0.2, 0.25) is 0 Å². The minimum atomic E-state index is 0.415. The summed E-state index contributed by atoms with van der Waals surface area (Å²) in [5, 5.41) is 8.69. The smallest absolute Gasteiger partial charge is 0.151 e. The molecule has 0 N–H and O–H groups in total. The van der Waals surface area contributed by atoms with E-state index in [0.717, 1.165) is 31.1 Å². The Balaban J connectivity index is 1.45. The van der Waals surface area contributed by atoms with E-state index in [0.29, 0.717) is 5.41 Å². The number of likely N-dealkylation sites (tertiary alicyclic amines) is 1. The van der Waals surface area contributed by atoms with Gasteiger partial charge in [-0.3, -0.25) is 4.90 Å². The summed E-state index contributed by atoms with van der Waals surface area (Å²) < 4.78 is 0. The lowest BCUT2D eigenvalue weighted by molar-refractivity contribution is 0.0682. The van der Waals surface area contributed by atoms with Crippen molar-refractivity contribution in [3.63, 3.8) is 0 Å². The molecule has 0 bridgehead atoms. The lowest BCUT2D eigenvalue weighted by atomic mass is 9.73. The number of aromatic nitrogens is 2. The summed E-state index contributed by atoms with van der Waals surface area (Å²) in [6, 6.07) is 15.1. The molecule has 0 amide bonds. The summed E-state index contributed by atoms with van der Waals surface area (Å²) in [5.41, 5.74) is 2.83. The lowest BCUT2D eigenvalue weighted by Gasteiger charge is -2.48. The van der Waals surface area contributed by atoms with Crippen LogP contribution in [0.3, 0.4) is 0 Å². The molecule has 4 heteroatoms. The van der Waals surface area contributed by atoms with Crippen LogP contribution in [0.5, 0.6) is 0 Å². The molecule has 2 aromatic rings. The topological polar surface area (TPSA) is 32.3 Å². The Morgan fingerprint density at radius 1 is 0.920 bits per heavy atom. The average molecular weight is 336 g/mol. The lowest BCUT2D eigenvalue weighted by Crippen LogP contribution is -2.52. The summed E-state index contributed by atoms with van der Waals surface area (Å²) in [5.74, 6) is 1.05. The molecule has 1 aromatic carbocycles. The zero-order chi connectivity index (χ0) is 17.1. The van der Waals surface area contributed by atoms with Gasteiger partial charge in [0.25, 0.3) is 0 Å². The molecule has 0 aliphatic carbocycles. The molecular formula is C21H28N4. The molecule has 1 aromatic heterocycles. The molecule has 4 rings (SSSR count). The van der Waals surface area contributed by atoms with Crippen LogP contribution < -0.4 is 4.90 Å². The number of hydrogen-bond acceptors (Lipinski definition) is 4. The van der Waals surface area contributed by atoms with Crippen molar-refractivity contribution in [1.29, 1.82) is 0 Å². The van der Waals surface area contributed by atoms with Crippen LogP contribution in [-0.2, 0) is 6.54 Å². The van der Waals surface area contributed by atoms with Gasteiger partial charge in [-0.05, 0) is 56.8 Å². The second kappa shape index (κ2) is 7.12. The molecule has 0 saturated carbocycles. The first-order chi connectivity index (χ1) is 12.2. The van der Waals surface area contributed by atoms with Crippen molar-refractivity contribution in [2.75, 3.05) is 31.1 Å². The number of hydrogen-bond donors (Lipinski definition) is 0. The van der Waals surface area contributed by atoms with Crippen molar-refractivity contribution in [2.45, 2.75) is 39.2 Å². The van der Waals surface area contributed by atoms with Crippen LogP contribution in [0.15, 0.2) is 42.5 Å². The highest BCUT2D eigenvalue weighted by Crippen LogP contribution is 2.39. The maximum Gasteiger partial charge on any atom is 0.151 e. The summed E-state index contributed by atoms with van der Waals surface area (Å²) in [6.07, 6.45) is 5.25. The second-order valence-electron chi connectivity index (χ2n) is 7.86. The molecule has 1 atom stereocenters. The summed E-state index contributed by atoms with van der Waals surface area (Å²) >= 11 is 0. The van der Waals surface area contributed by atoms with Crippen LogP contribution in [-0.4, -0.2) is 41.3 Å². The maximum absolute atomic E-state index is 4.43. The predicted octanol–water partition coefficient (Wildman–Crippen LogP) is 3.67. The highest BCUT2D eigenvalue weighted by atomic mass is 15.3. The molecule has 2 aliphatic rings. The fourth-order valence-corrected chi connectivity index (χ4v) is 4.58. The number of rotatable bonds is 3. The van der Waals surface area contributed by atoms with Crippen molar-refractivity contribution in [3.8, 4) is 0 Å². The largest absolute Gasteiger partial charge is 0.355 e. The van der Waals surface area contributed by atoms with E-state index in [2.05, 4.69) is 62.5 Å². The fraction of sp³-hybridized carbons (Fsp3) is 0.524. The van der Waals surface area contributed by atoms with Crippen molar-refractivity contribution in [2.24, 2.45) is 5.41 Å². The predicted molar refractivity (Wildman–Crippen MR) is 102 cm³/mol. The molecule has 2 saturated heterocycles. The zero-order valence-corrected chi connectivity index (χ0v) is 15.2. The Bertz CT molecular complexity index is 681. The van der Waals surface area contributed by atoms with Gasteiger partial charge in [0.15, 0.2) is 5.82 Å². The number of nitrogens with zero attached hydrogens (tertiary/aromatic N) is 4. The molecule has 3 heterocycles. The Kier molecular flexibility index (Phi) is 4.71. The summed E-state index contributed by atoms with van der Waals surface area (Å²) in [6.45, 7) is 7.73. The highest BCUT2D eigenvalue weighted by Gasteiger charge is 2.39. The third-order valence-electron chi connectivity index (χ3n) is 5.76. The first-order valence-electron chi connectivity index (χ1n) is 9.54. The minimum Gasteiger partial charge on any atom is -0.355 e. The van der Waals surface area contributed by atoms with E-state index in [1.54, 1.807) is 0 Å². The highest BCUT2D eigenvalue weighted by molar-refractivity contribution is 5.38. The van der Waals surface area contributed by atoms with Crippen LogP contribution in [0.2, 0.25) is 0 Å². The van der Waals surface area contributed by atoms with Crippen LogP contribution in [0.1, 0.15) is 36.9 Å². The van der Waals surface area contributed by atoms with E-state index < -0.39 is 0 Å². The van der Waals surface area contributed by atoms with Gasteiger partial charge in [0, 0.05) is 31.6 Å². The minimum absolute atomic E-state index is 0.415. The first-order valence-corrected chi connectivity index (χ1v) is 9.54. The van der Waals surface area contributed by atoms with Gasteiger partial charge in [-0.1, -0.05) is 30.3 Å². The zero-order valence-electron chi connectivity index (χ0n) is 15.2. The molecule has 0 radical (unpaired) electrons. The molecule has 2 fully saturated rings. The van der Waals surface area contributed by atoms with Gasteiger partial charge < -0.3 is 4.90 Å². The van der Waals surface area contributed by atoms with Crippen molar-refractivity contribution in [3.05, 3.63) is 53.7 Å². The van der Waals surface area contributed by atoms with Crippen LogP contribution in [0.4, 0.5) is 5.82 Å². The standard InChI is InChI=1S/C21H28N4/c1-18-9-10-20(23-22-18)25-14-6-12-21(17-25)11-5-13-24(16-21)15-19-7-3-2-4-8-19/h2-4,7-10H,5-6,11-17H2,1H3/t21-/m1/s1. The summed E-state index contributed by atoms with van der Waals surface area (Å²) in [7, 11) is 0. The van der Waals surface area contributed by atoms with Crippen molar-refractivity contribution < 1.29 is 0 Å². The number of piperidine rings is 2. The maximum atomic E-state index is 4.43. The van der Waals surface area contributed by atoms with E-state index in [-0.39, 0.29) is 0 Å². The second-order valence-corrected chi connectivity index (χ2v) is 7.86. The van der Waals surface area contributed by atoms with Crippen LogP contribution >= 0.6 is 0 Å². The molecule has 132 valence electrons. The van der Waals surface area contributed by atoms with E-state index in [1.165, 1.54) is 44.3 Å².